The van der Waals surface area contributed by atoms with Crippen LogP contribution >= 0.6 is 0 Å². The molecule has 0 saturated carbocycles. The number of aromatic nitrogens is 4. The Labute approximate surface area is 198 Å². The number of ether oxygens (including phenoxy) is 1. The minimum absolute atomic E-state index is 0.244. The van der Waals surface area contributed by atoms with Gasteiger partial charge in [0.25, 0.3) is 5.91 Å². The number of nitrogens with zero attached hydrogens (tertiary/aromatic N) is 4. The summed E-state index contributed by atoms with van der Waals surface area (Å²) in [5, 5.41) is 13.9. The van der Waals surface area contributed by atoms with E-state index in [0.717, 1.165) is 29.4 Å². The number of nitrogens with one attached hydrogen (secondary N) is 3. The number of benzene rings is 2. The maximum atomic E-state index is 12.9. The van der Waals surface area contributed by atoms with Gasteiger partial charge in [-0.15, -0.1) is 0 Å². The maximum absolute atomic E-state index is 12.9. The Morgan fingerprint density at radius 2 is 1.74 bits per heavy atom. The number of rotatable bonds is 8. The van der Waals surface area contributed by atoms with Crippen molar-refractivity contribution in [1.29, 1.82) is 0 Å². The summed E-state index contributed by atoms with van der Waals surface area (Å²) < 4.78 is 6.85. The zero-order valence-electron chi connectivity index (χ0n) is 19.6. The highest BCUT2D eigenvalue weighted by molar-refractivity contribution is 6.03. The predicted molar refractivity (Wildman–Crippen MR) is 134 cm³/mol. The van der Waals surface area contributed by atoms with E-state index in [4.69, 9.17) is 4.74 Å². The second-order valence-electron chi connectivity index (χ2n) is 7.64. The van der Waals surface area contributed by atoms with Crippen LogP contribution in [0.1, 0.15) is 23.2 Å². The Kier molecular flexibility index (Phi) is 6.72. The van der Waals surface area contributed by atoms with Gasteiger partial charge in [0.2, 0.25) is 0 Å². The number of amides is 1. The van der Waals surface area contributed by atoms with Crippen LogP contribution in [0.3, 0.4) is 0 Å². The topological polar surface area (TPSA) is 106 Å². The van der Waals surface area contributed by atoms with Gasteiger partial charge in [-0.2, -0.15) is 5.10 Å². The molecule has 9 heteroatoms. The highest BCUT2D eigenvalue weighted by Crippen LogP contribution is 2.24. The molecule has 0 aliphatic heterocycles. The number of carbonyl (C=O) groups is 1. The highest BCUT2D eigenvalue weighted by Gasteiger charge is 2.15. The van der Waals surface area contributed by atoms with Gasteiger partial charge < -0.3 is 20.7 Å². The minimum Gasteiger partial charge on any atom is -0.497 e. The van der Waals surface area contributed by atoms with Crippen molar-refractivity contribution in [2.75, 3.05) is 29.6 Å². The first-order valence-electron chi connectivity index (χ1n) is 10.9. The van der Waals surface area contributed by atoms with Crippen LogP contribution in [0.25, 0.3) is 11.3 Å². The summed E-state index contributed by atoms with van der Waals surface area (Å²) in [6.07, 6.45) is 0. The zero-order valence-corrected chi connectivity index (χ0v) is 19.6. The smallest absolute Gasteiger partial charge is 0.273 e. The summed E-state index contributed by atoms with van der Waals surface area (Å²) in [7, 11) is 3.36. The normalized spacial score (nSPS) is 10.6. The van der Waals surface area contributed by atoms with E-state index in [1.807, 2.05) is 68.4 Å². The Bertz CT molecular complexity index is 1300. The highest BCUT2D eigenvalue weighted by atomic mass is 16.5. The molecule has 2 heterocycles. The monoisotopic (exact) mass is 457 g/mol. The van der Waals surface area contributed by atoms with Crippen LogP contribution in [-0.2, 0) is 7.05 Å². The molecule has 2 aromatic carbocycles. The van der Waals surface area contributed by atoms with E-state index in [2.05, 4.69) is 31.0 Å². The lowest BCUT2D eigenvalue weighted by Gasteiger charge is -2.10. The van der Waals surface area contributed by atoms with Gasteiger partial charge in [-0.05, 0) is 56.3 Å². The number of aryl methyl sites for hydroxylation is 2. The van der Waals surface area contributed by atoms with Crippen LogP contribution in [0.2, 0.25) is 0 Å². The fourth-order valence-corrected chi connectivity index (χ4v) is 3.49. The van der Waals surface area contributed by atoms with Crippen LogP contribution in [-0.4, -0.2) is 39.3 Å². The number of carbonyl (C=O) groups excluding carboxylic acids is 1. The van der Waals surface area contributed by atoms with Crippen molar-refractivity contribution >= 4 is 28.9 Å². The van der Waals surface area contributed by atoms with Crippen LogP contribution < -0.4 is 20.7 Å². The Balaban J connectivity index is 1.45. The molecule has 34 heavy (non-hydrogen) atoms. The largest absolute Gasteiger partial charge is 0.497 e. The van der Waals surface area contributed by atoms with Crippen LogP contribution in [0.4, 0.5) is 23.0 Å². The maximum Gasteiger partial charge on any atom is 0.273 e. The molecule has 0 bridgehead atoms. The Morgan fingerprint density at radius 3 is 2.47 bits per heavy atom. The lowest BCUT2D eigenvalue weighted by Crippen LogP contribution is -2.16. The Morgan fingerprint density at radius 1 is 1.00 bits per heavy atom. The third-order valence-corrected chi connectivity index (χ3v) is 5.09. The van der Waals surface area contributed by atoms with E-state index in [0.29, 0.717) is 28.7 Å². The Hall–Kier alpha value is -4.40. The van der Waals surface area contributed by atoms with E-state index in [1.54, 1.807) is 24.9 Å². The van der Waals surface area contributed by atoms with Crippen molar-refractivity contribution in [2.45, 2.75) is 13.8 Å². The molecule has 4 aromatic rings. The SMILES string of the molecule is CCNc1cc(Nc2ccc(NC(=O)c3cc(-c4cccc(OC)c4)nn3C)cc2)nc(C)n1. The van der Waals surface area contributed by atoms with Gasteiger partial charge >= 0.3 is 0 Å². The summed E-state index contributed by atoms with van der Waals surface area (Å²) >= 11 is 0. The van der Waals surface area contributed by atoms with Crippen molar-refractivity contribution in [3.05, 3.63) is 72.2 Å². The molecule has 0 spiro atoms. The van der Waals surface area contributed by atoms with Crippen molar-refractivity contribution in [3.63, 3.8) is 0 Å². The van der Waals surface area contributed by atoms with E-state index >= 15 is 0 Å². The molecule has 0 radical (unpaired) electrons. The molecule has 1 amide bonds. The number of anilines is 4. The molecule has 3 N–H and O–H groups in total. The van der Waals surface area contributed by atoms with Crippen molar-refractivity contribution in [3.8, 4) is 17.0 Å². The van der Waals surface area contributed by atoms with Crippen LogP contribution in [0, 0.1) is 6.92 Å². The molecule has 4 rings (SSSR count). The zero-order chi connectivity index (χ0) is 24.1. The van der Waals surface area contributed by atoms with Gasteiger partial charge in [0.15, 0.2) is 0 Å². The summed E-state index contributed by atoms with van der Waals surface area (Å²) in [4.78, 5) is 21.7. The molecule has 0 aliphatic carbocycles. The van der Waals surface area contributed by atoms with Gasteiger partial charge in [0.1, 0.15) is 28.9 Å². The molecule has 2 aromatic heterocycles. The average Bonchev–Trinajstić information content (AvgIpc) is 3.22. The predicted octanol–water partition coefficient (Wildman–Crippen LogP) is 4.62. The van der Waals surface area contributed by atoms with Gasteiger partial charge in [-0.25, -0.2) is 9.97 Å². The first kappa shape index (κ1) is 22.8. The van der Waals surface area contributed by atoms with E-state index in [-0.39, 0.29) is 5.91 Å². The summed E-state index contributed by atoms with van der Waals surface area (Å²) in [5.41, 5.74) is 3.54. The minimum atomic E-state index is -0.244. The molecule has 174 valence electrons. The first-order valence-corrected chi connectivity index (χ1v) is 10.9. The number of hydrogen-bond acceptors (Lipinski definition) is 7. The van der Waals surface area contributed by atoms with Crippen molar-refractivity contribution in [1.82, 2.24) is 19.7 Å². The molecule has 9 nitrogen and oxygen atoms in total. The van der Waals surface area contributed by atoms with Gasteiger partial charge in [-0.1, -0.05) is 12.1 Å². The second-order valence-corrected chi connectivity index (χ2v) is 7.64. The molecule has 0 fully saturated rings. The third kappa shape index (κ3) is 5.32. The van der Waals surface area contributed by atoms with Crippen LogP contribution in [0.5, 0.6) is 5.75 Å². The molecule has 0 saturated heterocycles. The molecule has 0 atom stereocenters. The number of methoxy groups -OCH3 is 1. The third-order valence-electron chi connectivity index (χ3n) is 5.09. The fraction of sp³-hybridized carbons (Fsp3) is 0.200. The fourth-order valence-electron chi connectivity index (χ4n) is 3.49. The van der Waals surface area contributed by atoms with E-state index in [1.165, 1.54) is 0 Å². The van der Waals surface area contributed by atoms with Gasteiger partial charge in [0, 0.05) is 36.6 Å². The van der Waals surface area contributed by atoms with Gasteiger partial charge in [-0.3, -0.25) is 9.48 Å². The average molecular weight is 458 g/mol. The second kappa shape index (κ2) is 10.0. The standard InChI is InChI=1S/C25H27N7O2/c1-5-26-23-15-24(28-16(2)27-23)29-18-9-11-19(12-10-18)30-25(33)22-14-21(31-32(22)3)17-7-6-8-20(13-17)34-4/h6-15H,5H2,1-4H3,(H,30,33)(H2,26,27,28,29). The lowest BCUT2D eigenvalue weighted by atomic mass is 10.1. The molecular weight excluding hydrogens is 430 g/mol. The quantitative estimate of drug-likeness (QED) is 0.354. The molecule has 0 unspecified atom stereocenters. The number of hydrogen-bond donors (Lipinski definition) is 3. The summed E-state index contributed by atoms with van der Waals surface area (Å²) in [6.45, 7) is 4.65. The van der Waals surface area contributed by atoms with Crippen molar-refractivity contribution in [2.24, 2.45) is 7.05 Å². The van der Waals surface area contributed by atoms with E-state index < -0.39 is 0 Å². The first-order chi connectivity index (χ1) is 16.4. The molecule has 0 aliphatic rings. The summed E-state index contributed by atoms with van der Waals surface area (Å²) in [6, 6.07) is 18.6. The van der Waals surface area contributed by atoms with Gasteiger partial charge in [0.05, 0.1) is 12.8 Å². The van der Waals surface area contributed by atoms with Crippen molar-refractivity contribution < 1.29 is 9.53 Å². The van der Waals surface area contributed by atoms with E-state index in [9.17, 15) is 4.79 Å². The summed E-state index contributed by atoms with van der Waals surface area (Å²) in [5.74, 6) is 2.63. The lowest BCUT2D eigenvalue weighted by molar-refractivity contribution is 0.101. The van der Waals surface area contributed by atoms with Crippen LogP contribution in [0.15, 0.2) is 60.7 Å². The molecular formula is C25H27N7O2.